The van der Waals surface area contributed by atoms with Gasteiger partial charge in [0.2, 0.25) is 0 Å². The summed E-state index contributed by atoms with van der Waals surface area (Å²) in [7, 11) is 0. The predicted octanol–water partition coefficient (Wildman–Crippen LogP) is 1.66. The van der Waals surface area contributed by atoms with Crippen molar-refractivity contribution in [3.63, 3.8) is 0 Å². The highest BCUT2D eigenvalue weighted by molar-refractivity contribution is 4.96. The summed E-state index contributed by atoms with van der Waals surface area (Å²) < 4.78 is 5.43. The van der Waals surface area contributed by atoms with Crippen LogP contribution in [-0.4, -0.2) is 26.3 Å². The van der Waals surface area contributed by atoms with Gasteiger partial charge in [0.05, 0.1) is 6.54 Å². The lowest BCUT2D eigenvalue weighted by Gasteiger charge is -2.06. The van der Waals surface area contributed by atoms with Gasteiger partial charge in [0.25, 0.3) is 0 Å². The fourth-order valence-electron chi connectivity index (χ4n) is 0.858. The van der Waals surface area contributed by atoms with Crippen LogP contribution in [0.25, 0.3) is 0 Å². The molecule has 76 valence electrons. The molecule has 0 saturated heterocycles. The van der Waals surface area contributed by atoms with Crippen LogP contribution in [0.1, 0.15) is 27.2 Å². The Balaban J connectivity index is 2.94. The minimum atomic E-state index is 0.638. The van der Waals surface area contributed by atoms with Gasteiger partial charge in [-0.3, -0.25) is 0 Å². The Hall–Kier alpha value is -0.520. The Morgan fingerprint density at radius 1 is 1.38 bits per heavy atom. The Morgan fingerprint density at radius 2 is 2.15 bits per heavy atom. The molecule has 0 unspecified atom stereocenters. The zero-order valence-corrected chi connectivity index (χ0v) is 9.02. The SMILES string of the molecule is CC#CCNCCCOCC(C)C. The molecule has 0 heterocycles. The fourth-order valence-corrected chi connectivity index (χ4v) is 0.858. The molecule has 0 fully saturated rings. The van der Waals surface area contributed by atoms with Crippen LogP contribution in [0.2, 0.25) is 0 Å². The van der Waals surface area contributed by atoms with Crippen molar-refractivity contribution in [2.75, 3.05) is 26.3 Å². The second-order valence-corrected chi connectivity index (χ2v) is 3.43. The van der Waals surface area contributed by atoms with Crippen LogP contribution < -0.4 is 5.32 Å². The van der Waals surface area contributed by atoms with E-state index in [0.29, 0.717) is 5.92 Å². The molecule has 0 aliphatic carbocycles. The minimum Gasteiger partial charge on any atom is -0.381 e. The number of hydrogen-bond donors (Lipinski definition) is 1. The molecule has 0 aromatic rings. The molecule has 2 nitrogen and oxygen atoms in total. The summed E-state index contributed by atoms with van der Waals surface area (Å²) in [5, 5.41) is 3.22. The third kappa shape index (κ3) is 11.5. The summed E-state index contributed by atoms with van der Waals surface area (Å²) in [6, 6.07) is 0. The normalized spacial score (nSPS) is 9.85. The first-order chi connectivity index (χ1) is 6.27. The van der Waals surface area contributed by atoms with Crippen LogP contribution in [0.4, 0.5) is 0 Å². The van der Waals surface area contributed by atoms with Crippen molar-refractivity contribution in [3.05, 3.63) is 0 Å². The van der Waals surface area contributed by atoms with Crippen molar-refractivity contribution in [2.24, 2.45) is 5.92 Å². The van der Waals surface area contributed by atoms with E-state index in [1.807, 2.05) is 6.92 Å². The molecule has 0 atom stereocenters. The number of nitrogens with one attached hydrogen (secondary N) is 1. The second-order valence-electron chi connectivity index (χ2n) is 3.43. The summed E-state index contributed by atoms with van der Waals surface area (Å²) in [5.74, 6) is 6.43. The summed E-state index contributed by atoms with van der Waals surface area (Å²) in [6.45, 7) is 9.69. The average Bonchev–Trinajstić information content (AvgIpc) is 2.09. The van der Waals surface area contributed by atoms with Crippen LogP contribution >= 0.6 is 0 Å². The van der Waals surface area contributed by atoms with Crippen LogP contribution in [0, 0.1) is 17.8 Å². The Bertz CT molecular complexity index is 155. The topological polar surface area (TPSA) is 21.3 Å². The van der Waals surface area contributed by atoms with Crippen LogP contribution in [0.3, 0.4) is 0 Å². The summed E-state index contributed by atoms with van der Waals surface area (Å²) >= 11 is 0. The van der Waals surface area contributed by atoms with Crippen LogP contribution in [0.15, 0.2) is 0 Å². The van der Waals surface area contributed by atoms with Crippen molar-refractivity contribution in [1.82, 2.24) is 5.32 Å². The molecule has 0 aliphatic heterocycles. The van der Waals surface area contributed by atoms with Crippen molar-refractivity contribution < 1.29 is 4.74 Å². The number of ether oxygens (including phenoxy) is 1. The maximum absolute atomic E-state index is 5.43. The van der Waals surface area contributed by atoms with Gasteiger partial charge in [-0.15, -0.1) is 5.92 Å². The molecule has 0 radical (unpaired) electrons. The zero-order valence-electron chi connectivity index (χ0n) is 9.02. The minimum absolute atomic E-state index is 0.638. The highest BCUT2D eigenvalue weighted by Crippen LogP contribution is 1.92. The van der Waals surface area contributed by atoms with Gasteiger partial charge in [-0.25, -0.2) is 0 Å². The number of hydrogen-bond acceptors (Lipinski definition) is 2. The van der Waals surface area contributed by atoms with Gasteiger partial charge in [0.1, 0.15) is 0 Å². The molecule has 2 heteroatoms. The maximum Gasteiger partial charge on any atom is 0.0576 e. The molecule has 0 rings (SSSR count). The molecule has 0 amide bonds. The van der Waals surface area contributed by atoms with E-state index in [2.05, 4.69) is 31.0 Å². The lowest BCUT2D eigenvalue weighted by atomic mass is 10.2. The largest absolute Gasteiger partial charge is 0.381 e. The first-order valence-electron chi connectivity index (χ1n) is 4.95. The van der Waals surface area contributed by atoms with E-state index >= 15 is 0 Å². The van der Waals surface area contributed by atoms with Crippen molar-refractivity contribution >= 4 is 0 Å². The molecule has 0 aromatic carbocycles. The van der Waals surface area contributed by atoms with Crippen molar-refractivity contribution in [2.45, 2.75) is 27.2 Å². The fraction of sp³-hybridized carbons (Fsp3) is 0.818. The molecule has 13 heavy (non-hydrogen) atoms. The van der Waals surface area contributed by atoms with Gasteiger partial charge in [0, 0.05) is 13.2 Å². The molecule has 0 saturated carbocycles. The zero-order chi connectivity index (χ0) is 9.94. The predicted molar refractivity (Wildman–Crippen MR) is 56.6 cm³/mol. The molecule has 0 aromatic heterocycles. The monoisotopic (exact) mass is 183 g/mol. The highest BCUT2D eigenvalue weighted by atomic mass is 16.5. The van der Waals surface area contributed by atoms with E-state index in [9.17, 15) is 0 Å². The van der Waals surface area contributed by atoms with Crippen molar-refractivity contribution in [1.29, 1.82) is 0 Å². The Kier molecular flexibility index (Phi) is 9.18. The standard InChI is InChI=1S/C11H21NO/c1-4-5-7-12-8-6-9-13-10-11(2)3/h11-12H,6-10H2,1-3H3. The molecule has 1 N–H and O–H groups in total. The van der Waals surface area contributed by atoms with Crippen LogP contribution in [-0.2, 0) is 4.74 Å². The van der Waals surface area contributed by atoms with Gasteiger partial charge in [-0.1, -0.05) is 19.8 Å². The maximum atomic E-state index is 5.43. The summed E-state index contributed by atoms with van der Waals surface area (Å²) in [5.41, 5.74) is 0. The van der Waals surface area contributed by atoms with E-state index in [-0.39, 0.29) is 0 Å². The van der Waals surface area contributed by atoms with Gasteiger partial charge in [-0.05, 0) is 25.8 Å². The third-order valence-electron chi connectivity index (χ3n) is 1.48. The average molecular weight is 183 g/mol. The summed E-state index contributed by atoms with van der Waals surface area (Å²) in [6.07, 6.45) is 1.07. The van der Waals surface area contributed by atoms with E-state index in [4.69, 9.17) is 4.74 Å². The van der Waals surface area contributed by atoms with Crippen molar-refractivity contribution in [3.8, 4) is 11.8 Å². The van der Waals surface area contributed by atoms with E-state index in [1.54, 1.807) is 0 Å². The molecule has 0 aliphatic rings. The third-order valence-corrected chi connectivity index (χ3v) is 1.48. The molecule has 0 bridgehead atoms. The Morgan fingerprint density at radius 3 is 2.77 bits per heavy atom. The van der Waals surface area contributed by atoms with Gasteiger partial charge < -0.3 is 10.1 Å². The van der Waals surface area contributed by atoms with Gasteiger partial charge in [0.15, 0.2) is 0 Å². The van der Waals surface area contributed by atoms with Crippen LogP contribution in [0.5, 0.6) is 0 Å². The van der Waals surface area contributed by atoms with E-state index < -0.39 is 0 Å². The number of rotatable bonds is 7. The molecular formula is C11H21NO. The quantitative estimate of drug-likeness (QED) is 0.479. The lowest BCUT2D eigenvalue weighted by Crippen LogP contribution is -2.17. The van der Waals surface area contributed by atoms with E-state index in [1.165, 1.54) is 0 Å². The second kappa shape index (κ2) is 9.57. The lowest BCUT2D eigenvalue weighted by molar-refractivity contribution is 0.108. The van der Waals surface area contributed by atoms with Gasteiger partial charge in [-0.2, -0.15) is 0 Å². The smallest absolute Gasteiger partial charge is 0.0576 e. The molecular weight excluding hydrogens is 162 g/mol. The highest BCUT2D eigenvalue weighted by Gasteiger charge is 1.92. The Labute approximate surface area is 82.1 Å². The summed E-state index contributed by atoms with van der Waals surface area (Å²) in [4.78, 5) is 0. The van der Waals surface area contributed by atoms with Gasteiger partial charge >= 0.3 is 0 Å². The first kappa shape index (κ1) is 12.5. The van der Waals surface area contributed by atoms with E-state index in [0.717, 1.165) is 32.7 Å². The first-order valence-corrected chi connectivity index (χ1v) is 4.95. The molecule has 0 spiro atoms.